The number of tetrazole rings is 1. The molecule has 0 aromatic carbocycles. The molecule has 1 N–H and O–H groups in total. The highest BCUT2D eigenvalue weighted by molar-refractivity contribution is 4.89. The van der Waals surface area contributed by atoms with Crippen LogP contribution in [0.25, 0.3) is 0 Å². The average Bonchev–Trinajstić information content (AvgIpc) is 2.63. The fraction of sp³-hybridized carbons (Fsp3) is 0.889. The molecule has 1 unspecified atom stereocenters. The summed E-state index contributed by atoms with van der Waals surface area (Å²) in [5, 5.41) is 15.0. The average molecular weight is 197 g/mol. The van der Waals surface area contributed by atoms with Gasteiger partial charge < -0.3 is 5.32 Å². The van der Waals surface area contributed by atoms with E-state index in [2.05, 4.69) is 41.6 Å². The third-order valence-electron chi connectivity index (χ3n) is 2.08. The predicted molar refractivity (Wildman–Crippen MR) is 54.8 cm³/mol. The summed E-state index contributed by atoms with van der Waals surface area (Å²) in [5.41, 5.74) is 0. The molecule has 1 aromatic heterocycles. The predicted octanol–water partition coefficient (Wildman–Crippen LogP) is 1.14. The van der Waals surface area contributed by atoms with Crippen molar-refractivity contribution in [1.82, 2.24) is 25.5 Å². The van der Waals surface area contributed by atoms with Gasteiger partial charge in [0.15, 0.2) is 5.82 Å². The topological polar surface area (TPSA) is 55.6 Å². The SMILES string of the molecule is CCCNC(C)c1nnnn1CCC. The maximum atomic E-state index is 4.03. The van der Waals surface area contributed by atoms with E-state index in [9.17, 15) is 0 Å². The molecule has 1 aromatic rings. The quantitative estimate of drug-likeness (QED) is 0.743. The van der Waals surface area contributed by atoms with Crippen molar-refractivity contribution in [3.05, 3.63) is 5.82 Å². The Morgan fingerprint density at radius 1 is 1.36 bits per heavy atom. The Balaban J connectivity index is 2.58. The van der Waals surface area contributed by atoms with E-state index in [0.717, 1.165) is 31.8 Å². The highest BCUT2D eigenvalue weighted by Gasteiger charge is 2.12. The third-order valence-corrected chi connectivity index (χ3v) is 2.08. The summed E-state index contributed by atoms with van der Waals surface area (Å²) in [4.78, 5) is 0. The Morgan fingerprint density at radius 3 is 2.79 bits per heavy atom. The van der Waals surface area contributed by atoms with Gasteiger partial charge in [-0.05, 0) is 36.7 Å². The molecule has 0 saturated carbocycles. The van der Waals surface area contributed by atoms with Crippen molar-refractivity contribution in [3.63, 3.8) is 0 Å². The van der Waals surface area contributed by atoms with Gasteiger partial charge in [-0.25, -0.2) is 4.68 Å². The van der Waals surface area contributed by atoms with Crippen LogP contribution in [0.3, 0.4) is 0 Å². The Kier molecular flexibility index (Phi) is 4.52. The van der Waals surface area contributed by atoms with Crippen LogP contribution < -0.4 is 5.32 Å². The van der Waals surface area contributed by atoms with Gasteiger partial charge in [-0.1, -0.05) is 13.8 Å². The molecule has 0 radical (unpaired) electrons. The molecule has 0 aliphatic carbocycles. The highest BCUT2D eigenvalue weighted by Crippen LogP contribution is 2.07. The Bertz CT molecular complexity index is 257. The summed E-state index contributed by atoms with van der Waals surface area (Å²) in [5.74, 6) is 0.931. The van der Waals surface area contributed by atoms with Crippen molar-refractivity contribution in [2.45, 2.75) is 46.2 Å². The fourth-order valence-corrected chi connectivity index (χ4v) is 1.34. The normalized spacial score (nSPS) is 13.1. The molecule has 0 fully saturated rings. The number of aryl methyl sites for hydroxylation is 1. The second-order valence-corrected chi connectivity index (χ2v) is 3.44. The summed E-state index contributed by atoms with van der Waals surface area (Å²) in [6, 6.07) is 0.233. The van der Waals surface area contributed by atoms with Crippen LogP contribution in [0.1, 0.15) is 45.5 Å². The van der Waals surface area contributed by atoms with Crippen molar-refractivity contribution in [1.29, 1.82) is 0 Å². The summed E-state index contributed by atoms with van der Waals surface area (Å²) in [6.07, 6.45) is 2.18. The first kappa shape index (κ1) is 11.1. The summed E-state index contributed by atoms with van der Waals surface area (Å²) < 4.78 is 1.87. The molecule has 80 valence electrons. The van der Waals surface area contributed by atoms with Gasteiger partial charge in [-0.3, -0.25) is 0 Å². The van der Waals surface area contributed by atoms with E-state index >= 15 is 0 Å². The van der Waals surface area contributed by atoms with Gasteiger partial charge in [0, 0.05) is 6.54 Å². The van der Waals surface area contributed by atoms with Crippen molar-refractivity contribution in [2.75, 3.05) is 6.54 Å². The van der Waals surface area contributed by atoms with Gasteiger partial charge in [0.1, 0.15) is 0 Å². The number of hydrogen-bond donors (Lipinski definition) is 1. The second kappa shape index (κ2) is 5.70. The first-order valence-corrected chi connectivity index (χ1v) is 5.29. The van der Waals surface area contributed by atoms with E-state index in [1.165, 1.54) is 0 Å². The summed E-state index contributed by atoms with van der Waals surface area (Å²) >= 11 is 0. The van der Waals surface area contributed by atoms with Crippen LogP contribution in [0.4, 0.5) is 0 Å². The van der Waals surface area contributed by atoms with Crippen molar-refractivity contribution in [3.8, 4) is 0 Å². The monoisotopic (exact) mass is 197 g/mol. The maximum absolute atomic E-state index is 4.03. The smallest absolute Gasteiger partial charge is 0.167 e. The molecule has 0 spiro atoms. The zero-order valence-electron chi connectivity index (χ0n) is 9.19. The Hall–Kier alpha value is -0.970. The zero-order valence-corrected chi connectivity index (χ0v) is 9.19. The Labute approximate surface area is 84.9 Å². The lowest BCUT2D eigenvalue weighted by Crippen LogP contribution is -2.23. The molecule has 1 rings (SSSR count). The molecule has 0 saturated heterocycles. The third kappa shape index (κ3) is 2.77. The number of hydrogen-bond acceptors (Lipinski definition) is 4. The van der Waals surface area contributed by atoms with Crippen LogP contribution in [0, 0.1) is 0 Å². The minimum atomic E-state index is 0.233. The minimum Gasteiger partial charge on any atom is -0.307 e. The lowest BCUT2D eigenvalue weighted by molar-refractivity contribution is 0.483. The van der Waals surface area contributed by atoms with E-state index in [-0.39, 0.29) is 6.04 Å². The first-order chi connectivity index (χ1) is 6.79. The van der Waals surface area contributed by atoms with Crippen LogP contribution in [0.15, 0.2) is 0 Å². The minimum absolute atomic E-state index is 0.233. The van der Waals surface area contributed by atoms with E-state index in [0.29, 0.717) is 0 Å². The molecule has 0 bridgehead atoms. The van der Waals surface area contributed by atoms with Gasteiger partial charge in [0.2, 0.25) is 0 Å². The van der Waals surface area contributed by atoms with E-state index in [1.807, 2.05) is 4.68 Å². The van der Waals surface area contributed by atoms with Crippen LogP contribution in [-0.2, 0) is 6.54 Å². The maximum Gasteiger partial charge on any atom is 0.167 e. The van der Waals surface area contributed by atoms with E-state index in [1.54, 1.807) is 0 Å². The van der Waals surface area contributed by atoms with Crippen molar-refractivity contribution < 1.29 is 0 Å². The largest absolute Gasteiger partial charge is 0.307 e. The summed E-state index contributed by atoms with van der Waals surface area (Å²) in [6.45, 7) is 8.25. The van der Waals surface area contributed by atoms with Crippen LogP contribution >= 0.6 is 0 Å². The van der Waals surface area contributed by atoms with E-state index < -0.39 is 0 Å². The van der Waals surface area contributed by atoms with Gasteiger partial charge in [-0.15, -0.1) is 5.10 Å². The van der Waals surface area contributed by atoms with Gasteiger partial charge in [-0.2, -0.15) is 0 Å². The van der Waals surface area contributed by atoms with Gasteiger partial charge in [0.25, 0.3) is 0 Å². The molecular weight excluding hydrogens is 178 g/mol. The number of nitrogens with one attached hydrogen (secondary N) is 1. The molecule has 0 amide bonds. The van der Waals surface area contributed by atoms with Gasteiger partial charge in [0.05, 0.1) is 6.04 Å². The van der Waals surface area contributed by atoms with Crippen molar-refractivity contribution >= 4 is 0 Å². The molecule has 14 heavy (non-hydrogen) atoms. The van der Waals surface area contributed by atoms with Crippen LogP contribution in [-0.4, -0.2) is 26.8 Å². The second-order valence-electron chi connectivity index (χ2n) is 3.44. The zero-order chi connectivity index (χ0) is 10.4. The fourth-order valence-electron chi connectivity index (χ4n) is 1.34. The van der Waals surface area contributed by atoms with Crippen molar-refractivity contribution in [2.24, 2.45) is 0 Å². The lowest BCUT2D eigenvalue weighted by Gasteiger charge is -2.12. The molecule has 5 nitrogen and oxygen atoms in total. The standard InChI is InChI=1S/C9H19N5/c1-4-6-10-8(3)9-11-12-13-14(9)7-5-2/h8,10H,4-7H2,1-3H3. The number of nitrogens with zero attached hydrogens (tertiary/aromatic N) is 4. The highest BCUT2D eigenvalue weighted by atomic mass is 15.5. The molecule has 1 atom stereocenters. The van der Waals surface area contributed by atoms with E-state index in [4.69, 9.17) is 0 Å². The van der Waals surface area contributed by atoms with Gasteiger partial charge >= 0.3 is 0 Å². The molecule has 0 aliphatic rings. The number of aromatic nitrogens is 4. The molecule has 1 heterocycles. The summed E-state index contributed by atoms with van der Waals surface area (Å²) in [7, 11) is 0. The molecule has 5 heteroatoms. The Morgan fingerprint density at radius 2 is 2.14 bits per heavy atom. The van der Waals surface area contributed by atoms with Crippen LogP contribution in [0.2, 0.25) is 0 Å². The molecule has 0 aliphatic heterocycles. The lowest BCUT2D eigenvalue weighted by atomic mass is 10.3. The van der Waals surface area contributed by atoms with Crippen LogP contribution in [0.5, 0.6) is 0 Å². The first-order valence-electron chi connectivity index (χ1n) is 5.29. The molecular formula is C9H19N5. The number of rotatable bonds is 6.